The summed E-state index contributed by atoms with van der Waals surface area (Å²) in [5, 5.41) is 12.0. The number of carboxylic acid groups (broad SMARTS) is 1. The Labute approximate surface area is 102 Å². The van der Waals surface area contributed by atoms with E-state index in [0.717, 1.165) is 12.1 Å². The first-order valence-corrected chi connectivity index (χ1v) is 5.14. The molecule has 0 unspecified atom stereocenters. The number of rotatable bonds is 2. The van der Waals surface area contributed by atoms with Crippen LogP contribution in [0.5, 0.6) is 0 Å². The topological polar surface area (TPSA) is 63.3 Å². The number of carbonyl (C=O) groups is 1. The van der Waals surface area contributed by atoms with Crippen LogP contribution in [0.15, 0.2) is 27.2 Å². The van der Waals surface area contributed by atoms with Crippen molar-refractivity contribution in [2.24, 2.45) is 0 Å². The van der Waals surface area contributed by atoms with Gasteiger partial charge in [0.15, 0.2) is 17.4 Å². The highest BCUT2D eigenvalue weighted by atomic mass is 79.9. The van der Waals surface area contributed by atoms with Crippen LogP contribution in [0.4, 0.5) is 8.78 Å². The smallest absolute Gasteiger partial charge is 0.359 e. The maximum Gasteiger partial charge on any atom is 0.359 e. The minimum Gasteiger partial charge on any atom is -0.476 e. The first-order chi connectivity index (χ1) is 8.00. The van der Waals surface area contributed by atoms with Crippen molar-refractivity contribution < 1.29 is 23.2 Å². The number of benzene rings is 1. The third kappa shape index (κ3) is 2.05. The molecule has 0 radical (unpaired) electrons. The molecule has 0 atom stereocenters. The van der Waals surface area contributed by atoms with Crippen LogP contribution < -0.4 is 0 Å². The summed E-state index contributed by atoms with van der Waals surface area (Å²) >= 11 is 2.98. The lowest BCUT2D eigenvalue weighted by Crippen LogP contribution is -1.96. The zero-order valence-electron chi connectivity index (χ0n) is 8.08. The molecule has 0 saturated carbocycles. The molecular weight excluding hydrogens is 300 g/mol. The van der Waals surface area contributed by atoms with Gasteiger partial charge in [0.2, 0.25) is 5.69 Å². The van der Waals surface area contributed by atoms with Gasteiger partial charge in [-0.15, -0.1) is 0 Å². The molecule has 0 saturated heterocycles. The Bertz CT molecular complexity index is 597. The summed E-state index contributed by atoms with van der Waals surface area (Å²) in [4.78, 5) is 10.7. The first-order valence-electron chi connectivity index (χ1n) is 4.34. The molecule has 0 fully saturated rings. The minimum absolute atomic E-state index is 0.0290. The second kappa shape index (κ2) is 4.25. The summed E-state index contributed by atoms with van der Waals surface area (Å²) in [6, 6.07) is 3.07. The Balaban J connectivity index is 2.53. The van der Waals surface area contributed by atoms with Crippen molar-refractivity contribution in [2.75, 3.05) is 0 Å². The zero-order valence-corrected chi connectivity index (χ0v) is 9.66. The monoisotopic (exact) mass is 303 g/mol. The van der Waals surface area contributed by atoms with Gasteiger partial charge in [0.25, 0.3) is 0 Å². The molecule has 0 aliphatic heterocycles. The van der Waals surface area contributed by atoms with Crippen molar-refractivity contribution >= 4 is 21.9 Å². The fourth-order valence-corrected chi connectivity index (χ4v) is 1.77. The predicted octanol–water partition coefficient (Wildman–Crippen LogP) is 3.08. The number of nitrogens with zero attached hydrogens (tertiary/aromatic N) is 1. The van der Waals surface area contributed by atoms with E-state index >= 15 is 0 Å². The van der Waals surface area contributed by atoms with Crippen molar-refractivity contribution in [2.45, 2.75) is 0 Å². The molecule has 7 heteroatoms. The van der Waals surface area contributed by atoms with E-state index in [4.69, 9.17) is 9.63 Å². The minimum atomic E-state index is -1.28. The third-order valence-electron chi connectivity index (χ3n) is 2.02. The average Bonchev–Trinajstić information content (AvgIpc) is 2.64. The van der Waals surface area contributed by atoms with E-state index in [-0.39, 0.29) is 21.5 Å². The lowest BCUT2D eigenvalue weighted by atomic mass is 10.1. The molecule has 1 aromatic heterocycles. The van der Waals surface area contributed by atoms with Gasteiger partial charge in [0, 0.05) is 5.56 Å². The summed E-state index contributed by atoms with van der Waals surface area (Å²) < 4.78 is 30.6. The summed E-state index contributed by atoms with van der Waals surface area (Å²) in [5.41, 5.74) is -0.138. The van der Waals surface area contributed by atoms with Crippen molar-refractivity contribution in [1.82, 2.24) is 5.16 Å². The molecule has 0 amide bonds. The molecule has 1 N–H and O–H groups in total. The molecule has 2 rings (SSSR count). The van der Waals surface area contributed by atoms with Gasteiger partial charge in [-0.3, -0.25) is 0 Å². The molecule has 4 nitrogen and oxygen atoms in total. The molecule has 0 spiro atoms. The molecule has 17 heavy (non-hydrogen) atoms. The van der Waals surface area contributed by atoms with Gasteiger partial charge in [-0.1, -0.05) is 5.16 Å². The molecule has 0 bridgehead atoms. The zero-order chi connectivity index (χ0) is 12.6. The highest BCUT2D eigenvalue weighted by molar-refractivity contribution is 9.10. The summed E-state index contributed by atoms with van der Waals surface area (Å²) in [6.07, 6.45) is 0. The number of hydrogen-bond donors (Lipinski definition) is 1. The van der Waals surface area contributed by atoms with Crippen LogP contribution in [0, 0.1) is 11.6 Å². The van der Waals surface area contributed by atoms with Crippen LogP contribution in [0.2, 0.25) is 0 Å². The van der Waals surface area contributed by atoms with Gasteiger partial charge in [-0.25, -0.2) is 13.6 Å². The van der Waals surface area contributed by atoms with Gasteiger partial charge >= 0.3 is 5.97 Å². The number of halogens is 3. The lowest BCUT2D eigenvalue weighted by Gasteiger charge is -1.97. The Hall–Kier alpha value is -1.76. The van der Waals surface area contributed by atoms with Crippen LogP contribution in [0.25, 0.3) is 11.3 Å². The van der Waals surface area contributed by atoms with Crippen molar-refractivity contribution in [1.29, 1.82) is 0 Å². The summed E-state index contributed by atoms with van der Waals surface area (Å²) in [5.74, 6) is -3.30. The maximum absolute atomic E-state index is 13.0. The normalized spacial score (nSPS) is 10.5. The van der Waals surface area contributed by atoms with Crippen molar-refractivity contribution in [3.8, 4) is 11.3 Å². The van der Waals surface area contributed by atoms with E-state index in [1.165, 1.54) is 6.07 Å². The van der Waals surface area contributed by atoms with E-state index in [0.29, 0.717) is 0 Å². The highest BCUT2D eigenvalue weighted by Crippen LogP contribution is 2.31. The van der Waals surface area contributed by atoms with Crippen LogP contribution >= 0.6 is 15.9 Å². The molecule has 0 aliphatic carbocycles. The number of carboxylic acids is 1. The summed E-state index contributed by atoms with van der Waals surface area (Å²) in [6.45, 7) is 0. The third-order valence-corrected chi connectivity index (χ3v) is 2.76. The summed E-state index contributed by atoms with van der Waals surface area (Å²) in [7, 11) is 0. The van der Waals surface area contributed by atoms with Gasteiger partial charge in [0.05, 0.1) is 0 Å². The van der Waals surface area contributed by atoms with E-state index in [9.17, 15) is 13.6 Å². The largest absolute Gasteiger partial charge is 0.476 e. The van der Waals surface area contributed by atoms with Gasteiger partial charge in [-0.2, -0.15) is 0 Å². The Morgan fingerprint density at radius 3 is 2.59 bits per heavy atom. The number of aromatic carboxylic acids is 1. The predicted molar refractivity (Wildman–Crippen MR) is 56.5 cm³/mol. The highest BCUT2D eigenvalue weighted by Gasteiger charge is 2.21. The van der Waals surface area contributed by atoms with E-state index in [1.807, 2.05) is 0 Å². The first kappa shape index (κ1) is 11.7. The van der Waals surface area contributed by atoms with Crippen LogP contribution in [0.3, 0.4) is 0 Å². The molecule has 88 valence electrons. The van der Waals surface area contributed by atoms with Gasteiger partial charge < -0.3 is 9.63 Å². The molecular formula is C10H4BrF2NO3. The Morgan fingerprint density at radius 2 is 2.06 bits per heavy atom. The Kier molecular flexibility index (Phi) is 2.93. The fourth-order valence-electron chi connectivity index (χ4n) is 1.23. The van der Waals surface area contributed by atoms with E-state index in [2.05, 4.69) is 21.1 Å². The van der Waals surface area contributed by atoms with E-state index < -0.39 is 17.6 Å². The molecule has 1 heterocycles. The fraction of sp³-hybridized carbons (Fsp3) is 0. The van der Waals surface area contributed by atoms with Gasteiger partial charge in [-0.05, 0) is 34.1 Å². The second-order valence-electron chi connectivity index (χ2n) is 3.11. The van der Waals surface area contributed by atoms with E-state index in [1.54, 1.807) is 0 Å². The Morgan fingerprint density at radius 1 is 1.35 bits per heavy atom. The number of hydrogen-bond acceptors (Lipinski definition) is 3. The second-order valence-corrected chi connectivity index (χ2v) is 3.90. The van der Waals surface area contributed by atoms with Crippen molar-refractivity contribution in [3.05, 3.63) is 40.0 Å². The standard InChI is InChI=1S/C10H4BrF2NO3/c11-7-8(10(15)16)14-17-9(7)4-1-2-5(12)6(13)3-4/h1-3H,(H,15,16). The van der Waals surface area contributed by atoms with Crippen molar-refractivity contribution in [3.63, 3.8) is 0 Å². The lowest BCUT2D eigenvalue weighted by molar-refractivity contribution is 0.0685. The molecule has 0 aliphatic rings. The maximum atomic E-state index is 13.0. The molecule has 1 aromatic carbocycles. The van der Waals surface area contributed by atoms with Crippen LogP contribution in [-0.4, -0.2) is 16.2 Å². The molecule has 2 aromatic rings. The quantitative estimate of drug-likeness (QED) is 0.926. The average molecular weight is 304 g/mol. The van der Waals surface area contributed by atoms with Crippen LogP contribution in [-0.2, 0) is 0 Å². The number of aromatic nitrogens is 1. The van der Waals surface area contributed by atoms with Crippen LogP contribution in [0.1, 0.15) is 10.5 Å². The SMILES string of the molecule is O=C(O)c1noc(-c2ccc(F)c(F)c2)c1Br. The van der Waals surface area contributed by atoms with Gasteiger partial charge in [0.1, 0.15) is 4.47 Å².